The van der Waals surface area contributed by atoms with Gasteiger partial charge in [0.2, 0.25) is 0 Å². The number of carbonyl (C=O) groups excluding carboxylic acids is 1. The smallest absolute Gasteiger partial charge is 0.309 e. The molecule has 0 bridgehead atoms. The van der Waals surface area contributed by atoms with Crippen molar-refractivity contribution in [2.75, 3.05) is 0 Å². The van der Waals surface area contributed by atoms with Crippen molar-refractivity contribution < 1.29 is 9.53 Å². The molecule has 0 heterocycles. The summed E-state index contributed by atoms with van der Waals surface area (Å²) in [6.07, 6.45) is 12.2. The summed E-state index contributed by atoms with van der Waals surface area (Å²) in [6, 6.07) is 12.5. The van der Waals surface area contributed by atoms with Crippen LogP contribution >= 0.6 is 0 Å². The summed E-state index contributed by atoms with van der Waals surface area (Å²) >= 11 is 0. The van der Waals surface area contributed by atoms with Crippen LogP contribution in [0.2, 0.25) is 0 Å². The summed E-state index contributed by atoms with van der Waals surface area (Å²) in [7, 11) is 0. The first-order chi connectivity index (χ1) is 12.7. The molecule has 0 saturated carbocycles. The summed E-state index contributed by atoms with van der Waals surface area (Å²) in [5.74, 6) is -0.115. The SMILES string of the molecule is CCCCCCCCC(C)C(=O)OC1C=Cc2cccc3cccc1c23. The van der Waals surface area contributed by atoms with E-state index >= 15 is 0 Å². The van der Waals surface area contributed by atoms with Crippen LogP contribution in [0.4, 0.5) is 0 Å². The van der Waals surface area contributed by atoms with E-state index in [1.54, 1.807) is 0 Å². The number of unbranched alkanes of at least 4 members (excludes halogenated alkanes) is 5. The number of benzene rings is 2. The first-order valence-corrected chi connectivity index (χ1v) is 10.1. The molecule has 1 aliphatic rings. The van der Waals surface area contributed by atoms with Gasteiger partial charge in [0, 0.05) is 5.56 Å². The lowest BCUT2D eigenvalue weighted by Crippen LogP contribution is -2.18. The highest BCUT2D eigenvalue weighted by atomic mass is 16.5. The minimum atomic E-state index is -0.270. The predicted octanol–water partition coefficient (Wildman–Crippen LogP) is 6.84. The third-order valence-corrected chi connectivity index (χ3v) is 5.36. The molecular formula is C24H30O2. The van der Waals surface area contributed by atoms with Gasteiger partial charge in [-0.1, -0.05) is 94.8 Å². The first-order valence-electron chi connectivity index (χ1n) is 10.1. The topological polar surface area (TPSA) is 26.3 Å². The zero-order valence-electron chi connectivity index (χ0n) is 16.0. The van der Waals surface area contributed by atoms with Crippen molar-refractivity contribution in [3.63, 3.8) is 0 Å². The van der Waals surface area contributed by atoms with E-state index in [4.69, 9.17) is 4.74 Å². The summed E-state index contributed by atoms with van der Waals surface area (Å²) < 4.78 is 5.87. The molecule has 26 heavy (non-hydrogen) atoms. The van der Waals surface area contributed by atoms with Crippen LogP contribution in [0.1, 0.15) is 76.0 Å². The molecule has 2 aromatic carbocycles. The fourth-order valence-corrected chi connectivity index (χ4v) is 3.76. The maximum absolute atomic E-state index is 12.6. The Hall–Kier alpha value is -2.09. The Morgan fingerprint density at radius 2 is 1.77 bits per heavy atom. The number of carbonyl (C=O) groups is 1. The molecule has 2 heteroatoms. The van der Waals surface area contributed by atoms with Crippen LogP contribution in [0.15, 0.2) is 42.5 Å². The molecular weight excluding hydrogens is 320 g/mol. The largest absolute Gasteiger partial charge is 0.453 e. The Labute approximate surface area is 157 Å². The van der Waals surface area contributed by atoms with E-state index in [-0.39, 0.29) is 18.0 Å². The van der Waals surface area contributed by atoms with Crippen molar-refractivity contribution in [3.8, 4) is 0 Å². The second-order valence-corrected chi connectivity index (χ2v) is 7.47. The van der Waals surface area contributed by atoms with Crippen LogP contribution in [-0.2, 0) is 9.53 Å². The highest BCUT2D eigenvalue weighted by Gasteiger charge is 2.23. The van der Waals surface area contributed by atoms with Crippen molar-refractivity contribution in [1.29, 1.82) is 0 Å². The average Bonchev–Trinajstić information content (AvgIpc) is 2.66. The summed E-state index contributed by atoms with van der Waals surface area (Å²) in [5.41, 5.74) is 2.30. The van der Waals surface area contributed by atoms with E-state index in [9.17, 15) is 4.79 Å². The van der Waals surface area contributed by atoms with E-state index in [0.717, 1.165) is 18.4 Å². The zero-order valence-corrected chi connectivity index (χ0v) is 16.0. The number of ether oxygens (including phenoxy) is 1. The van der Waals surface area contributed by atoms with Crippen LogP contribution in [0.25, 0.3) is 16.8 Å². The molecule has 0 aliphatic heterocycles. The number of hydrogen-bond acceptors (Lipinski definition) is 2. The van der Waals surface area contributed by atoms with E-state index in [0.29, 0.717) is 0 Å². The van der Waals surface area contributed by atoms with E-state index in [1.165, 1.54) is 48.4 Å². The molecule has 0 aromatic heterocycles. The minimum absolute atomic E-state index is 0.0362. The lowest BCUT2D eigenvalue weighted by Gasteiger charge is -2.23. The average molecular weight is 351 g/mol. The van der Waals surface area contributed by atoms with Crippen LogP contribution in [-0.4, -0.2) is 5.97 Å². The summed E-state index contributed by atoms with van der Waals surface area (Å²) in [4.78, 5) is 12.6. The third kappa shape index (κ3) is 4.35. The Kier molecular flexibility index (Phi) is 6.49. The van der Waals surface area contributed by atoms with Gasteiger partial charge < -0.3 is 4.74 Å². The molecule has 3 rings (SSSR count). The monoisotopic (exact) mass is 350 g/mol. The van der Waals surface area contributed by atoms with Crippen molar-refractivity contribution in [2.45, 2.75) is 64.9 Å². The fourth-order valence-electron chi connectivity index (χ4n) is 3.76. The first kappa shape index (κ1) is 18.7. The van der Waals surface area contributed by atoms with Crippen LogP contribution in [0, 0.1) is 5.92 Å². The van der Waals surface area contributed by atoms with Gasteiger partial charge in [-0.25, -0.2) is 0 Å². The van der Waals surface area contributed by atoms with E-state index in [2.05, 4.69) is 43.3 Å². The standard InChI is InChI=1S/C24H30O2/c1-3-4-5-6-7-8-11-18(2)24(25)26-22-17-16-20-13-9-12-19-14-10-15-21(22)23(19)20/h9-10,12-18,22H,3-8,11H2,1-2H3. The van der Waals surface area contributed by atoms with Crippen molar-refractivity contribution in [2.24, 2.45) is 5.92 Å². The van der Waals surface area contributed by atoms with Crippen molar-refractivity contribution in [3.05, 3.63) is 53.6 Å². The highest BCUT2D eigenvalue weighted by Crippen LogP contribution is 2.35. The molecule has 0 saturated heterocycles. The molecule has 0 N–H and O–H groups in total. The molecule has 0 amide bonds. The number of rotatable bonds is 9. The molecule has 2 nitrogen and oxygen atoms in total. The van der Waals surface area contributed by atoms with Gasteiger partial charge in [-0.15, -0.1) is 0 Å². The van der Waals surface area contributed by atoms with Gasteiger partial charge in [-0.2, -0.15) is 0 Å². The van der Waals surface area contributed by atoms with E-state index < -0.39 is 0 Å². The maximum atomic E-state index is 12.6. The summed E-state index contributed by atoms with van der Waals surface area (Å²) in [6.45, 7) is 4.23. The van der Waals surface area contributed by atoms with Gasteiger partial charge in [-0.05, 0) is 28.8 Å². The quantitative estimate of drug-likeness (QED) is 0.365. The molecule has 0 spiro atoms. The predicted molar refractivity (Wildman–Crippen MR) is 109 cm³/mol. The van der Waals surface area contributed by atoms with Gasteiger partial charge in [0.1, 0.15) is 6.10 Å². The van der Waals surface area contributed by atoms with Gasteiger partial charge in [0.05, 0.1) is 5.92 Å². The number of esters is 1. The Bertz CT molecular complexity index is 770. The summed E-state index contributed by atoms with van der Waals surface area (Å²) in [5, 5.41) is 2.41. The van der Waals surface area contributed by atoms with Crippen molar-refractivity contribution in [1.82, 2.24) is 0 Å². The van der Waals surface area contributed by atoms with Crippen LogP contribution in [0.5, 0.6) is 0 Å². The second-order valence-electron chi connectivity index (χ2n) is 7.47. The molecule has 2 aromatic rings. The van der Waals surface area contributed by atoms with Crippen LogP contribution < -0.4 is 0 Å². The molecule has 2 unspecified atom stereocenters. The normalized spacial score (nSPS) is 16.6. The molecule has 0 radical (unpaired) electrons. The van der Waals surface area contributed by atoms with E-state index in [1.807, 2.05) is 19.1 Å². The van der Waals surface area contributed by atoms with Gasteiger partial charge in [0.25, 0.3) is 0 Å². The van der Waals surface area contributed by atoms with Gasteiger partial charge >= 0.3 is 5.97 Å². The molecule has 2 atom stereocenters. The third-order valence-electron chi connectivity index (χ3n) is 5.36. The second kappa shape index (κ2) is 9.02. The highest BCUT2D eigenvalue weighted by molar-refractivity contribution is 5.95. The van der Waals surface area contributed by atoms with Crippen LogP contribution in [0.3, 0.4) is 0 Å². The lowest BCUT2D eigenvalue weighted by atomic mass is 9.91. The van der Waals surface area contributed by atoms with Crippen molar-refractivity contribution >= 4 is 22.8 Å². The van der Waals surface area contributed by atoms with Gasteiger partial charge in [0.15, 0.2) is 0 Å². The minimum Gasteiger partial charge on any atom is -0.453 e. The Morgan fingerprint density at radius 3 is 2.58 bits per heavy atom. The molecule has 138 valence electrons. The Balaban J connectivity index is 1.57. The fraction of sp³-hybridized carbons (Fsp3) is 0.458. The Morgan fingerprint density at radius 1 is 1.04 bits per heavy atom. The lowest BCUT2D eigenvalue weighted by molar-refractivity contribution is -0.151. The number of hydrogen-bond donors (Lipinski definition) is 0. The maximum Gasteiger partial charge on any atom is 0.309 e. The zero-order chi connectivity index (χ0) is 18.4. The molecule has 0 fully saturated rings. The molecule has 1 aliphatic carbocycles. The van der Waals surface area contributed by atoms with Gasteiger partial charge in [-0.3, -0.25) is 4.79 Å².